The summed E-state index contributed by atoms with van der Waals surface area (Å²) in [5.74, 6) is -2.29. The molecule has 41 heavy (non-hydrogen) atoms. The van der Waals surface area contributed by atoms with E-state index in [1.807, 2.05) is 13.0 Å². The van der Waals surface area contributed by atoms with Crippen molar-refractivity contribution in [1.82, 2.24) is 0 Å². The molecule has 2 N–H and O–H groups in total. The number of carbonyl (C=O) groups excluding carboxylic acids is 2. The predicted molar refractivity (Wildman–Crippen MR) is 154 cm³/mol. The summed E-state index contributed by atoms with van der Waals surface area (Å²) in [7, 11) is 0. The van der Waals surface area contributed by atoms with E-state index in [9.17, 15) is 24.3 Å². The lowest BCUT2D eigenvalue weighted by Gasteiger charge is -2.70. The Morgan fingerprint density at radius 1 is 0.878 bits per heavy atom. The fourth-order valence-corrected chi connectivity index (χ4v) is 10.9. The summed E-state index contributed by atoms with van der Waals surface area (Å²) >= 11 is 0. The molecule has 7 heteroatoms. The highest BCUT2D eigenvalue weighted by atomic mass is 16.5. The lowest BCUT2D eigenvalue weighted by molar-refractivity contribution is -0.209. The number of aliphatic carboxylic acids is 2. The number of esters is 1. The van der Waals surface area contributed by atoms with Crippen molar-refractivity contribution in [2.45, 2.75) is 112 Å². The van der Waals surface area contributed by atoms with E-state index in [4.69, 9.17) is 9.84 Å². The minimum absolute atomic E-state index is 0.0178. The van der Waals surface area contributed by atoms with Crippen LogP contribution in [0.4, 0.5) is 0 Å². The fraction of sp³-hybridized carbons (Fsp3) is 0.765. The van der Waals surface area contributed by atoms with Gasteiger partial charge in [-0.2, -0.15) is 0 Å². The molecule has 0 unspecified atom stereocenters. The first kappa shape index (κ1) is 30.0. The summed E-state index contributed by atoms with van der Waals surface area (Å²) in [6.07, 6.45) is 10.8. The van der Waals surface area contributed by atoms with Crippen LogP contribution in [-0.2, 0) is 23.9 Å². The molecule has 0 aliphatic heterocycles. The van der Waals surface area contributed by atoms with Gasteiger partial charge >= 0.3 is 17.9 Å². The van der Waals surface area contributed by atoms with Gasteiger partial charge in [-0.3, -0.25) is 9.59 Å². The van der Waals surface area contributed by atoms with Gasteiger partial charge in [0.05, 0.1) is 5.41 Å². The van der Waals surface area contributed by atoms with Crippen LogP contribution in [0.2, 0.25) is 0 Å². The molecule has 0 aromatic heterocycles. The third-order valence-electron chi connectivity index (χ3n) is 13.7. The van der Waals surface area contributed by atoms with E-state index in [0.29, 0.717) is 19.3 Å². The minimum Gasteiger partial charge on any atom is -0.481 e. The van der Waals surface area contributed by atoms with Crippen LogP contribution in [0.25, 0.3) is 0 Å². The van der Waals surface area contributed by atoms with E-state index in [0.717, 1.165) is 50.7 Å². The Labute approximate surface area is 244 Å². The number of rotatable bonds is 4. The van der Waals surface area contributed by atoms with Crippen LogP contribution in [0.1, 0.15) is 106 Å². The number of allylic oxidation sites excluding steroid dienone is 2. The van der Waals surface area contributed by atoms with Gasteiger partial charge in [0.25, 0.3) is 0 Å². The number of carbonyl (C=O) groups is 4. The maximum absolute atomic E-state index is 14.4. The highest BCUT2D eigenvalue weighted by Crippen LogP contribution is 2.75. The monoisotopic (exact) mass is 568 g/mol. The largest absolute Gasteiger partial charge is 0.481 e. The Kier molecular flexibility index (Phi) is 6.80. The van der Waals surface area contributed by atoms with Crippen LogP contribution in [0.3, 0.4) is 0 Å². The number of carboxylic acid groups (broad SMARTS) is 2. The zero-order chi connectivity index (χ0) is 30.4. The molecule has 0 saturated heterocycles. The molecular formula is C34H48O7. The summed E-state index contributed by atoms with van der Waals surface area (Å²) < 4.78 is 5.82. The van der Waals surface area contributed by atoms with E-state index in [-0.39, 0.29) is 56.7 Å². The van der Waals surface area contributed by atoms with Crippen molar-refractivity contribution in [2.24, 2.45) is 50.2 Å². The van der Waals surface area contributed by atoms with Crippen molar-refractivity contribution in [3.05, 3.63) is 23.8 Å². The minimum atomic E-state index is -1.19. The van der Waals surface area contributed by atoms with Gasteiger partial charge in [-0.25, -0.2) is 9.59 Å². The van der Waals surface area contributed by atoms with E-state index in [1.54, 1.807) is 0 Å². The fourth-order valence-electron chi connectivity index (χ4n) is 10.9. The van der Waals surface area contributed by atoms with Crippen LogP contribution in [0, 0.1) is 50.2 Å². The molecule has 5 aliphatic carbocycles. The van der Waals surface area contributed by atoms with Gasteiger partial charge < -0.3 is 14.9 Å². The first-order chi connectivity index (χ1) is 18.8. The van der Waals surface area contributed by atoms with Crippen molar-refractivity contribution in [1.29, 1.82) is 0 Å². The number of hydrogen-bond donors (Lipinski definition) is 2. The second kappa shape index (κ2) is 9.28. The van der Waals surface area contributed by atoms with Gasteiger partial charge in [0, 0.05) is 23.5 Å². The summed E-state index contributed by atoms with van der Waals surface area (Å²) in [5, 5.41) is 19.0. The lowest BCUT2D eigenvalue weighted by Crippen LogP contribution is -2.66. The van der Waals surface area contributed by atoms with Gasteiger partial charge in [0.2, 0.25) is 0 Å². The molecule has 5 rings (SSSR count). The number of ketones is 1. The second-order valence-corrected chi connectivity index (χ2v) is 16.0. The Bertz CT molecular complexity index is 1250. The Morgan fingerprint density at radius 3 is 2.17 bits per heavy atom. The third kappa shape index (κ3) is 4.18. The molecule has 0 radical (unpaired) electrons. The highest BCUT2D eigenvalue weighted by Gasteiger charge is 2.70. The SMILES string of the molecule is CC1(C)[C@@H](OC(=O)/C=C\C(=O)O)CC[C@]2(C)[C@H]3C(=O)C=C4[C@@H]5C[C@@](C)(C(=O)O)CC[C@]5(C)CC[C@@]4(C)[C@]3(C)CC[C@@H]12. The number of fused-ring (bicyclic) bond motifs is 7. The van der Waals surface area contributed by atoms with Crippen LogP contribution in [-0.4, -0.2) is 40.0 Å². The van der Waals surface area contributed by atoms with Gasteiger partial charge in [-0.15, -0.1) is 0 Å². The first-order valence-corrected chi connectivity index (χ1v) is 15.5. The molecule has 226 valence electrons. The molecule has 0 aromatic rings. The molecule has 4 fully saturated rings. The highest BCUT2D eigenvalue weighted by molar-refractivity contribution is 5.96. The van der Waals surface area contributed by atoms with E-state index in [1.165, 1.54) is 5.57 Å². The van der Waals surface area contributed by atoms with Crippen molar-refractivity contribution in [3.8, 4) is 0 Å². The van der Waals surface area contributed by atoms with E-state index >= 15 is 0 Å². The molecule has 4 saturated carbocycles. The third-order valence-corrected chi connectivity index (χ3v) is 13.7. The summed E-state index contributed by atoms with van der Waals surface area (Å²) in [5.41, 5.74) is -0.643. The van der Waals surface area contributed by atoms with Crippen LogP contribution in [0.5, 0.6) is 0 Å². The molecular weight excluding hydrogens is 520 g/mol. The Hall–Kier alpha value is -2.44. The van der Waals surface area contributed by atoms with Crippen LogP contribution < -0.4 is 0 Å². The van der Waals surface area contributed by atoms with Crippen LogP contribution >= 0.6 is 0 Å². The molecule has 0 aromatic carbocycles. The number of ether oxygens (including phenoxy) is 1. The van der Waals surface area contributed by atoms with E-state index in [2.05, 4.69) is 41.5 Å². The quantitative estimate of drug-likeness (QED) is 0.290. The van der Waals surface area contributed by atoms with Crippen molar-refractivity contribution in [2.75, 3.05) is 0 Å². The number of carboxylic acids is 2. The maximum Gasteiger partial charge on any atom is 0.331 e. The normalized spacial score (nSPS) is 46.8. The molecule has 0 heterocycles. The van der Waals surface area contributed by atoms with Crippen molar-refractivity contribution in [3.63, 3.8) is 0 Å². The summed E-state index contributed by atoms with van der Waals surface area (Å²) in [6.45, 7) is 15.4. The first-order valence-electron chi connectivity index (χ1n) is 15.5. The molecule has 5 aliphatic rings. The van der Waals surface area contributed by atoms with Crippen molar-refractivity contribution >= 4 is 23.7 Å². The standard InChI is InChI=1S/C34H48O7/c1-29(2)23-10-13-34(7)27(32(23,5)12-11-24(29)41-26(38)9-8-25(36)37)22(35)18-20-21-19-31(4,28(39)40)15-14-30(21,3)16-17-33(20,34)6/h8-9,18,21,23-24,27H,10-17,19H2,1-7H3,(H,36,37)(H,39,40)/b9-8-/t21-,23-,24-,27+,30+,31-,32-,33+,34+/m0/s1. The van der Waals surface area contributed by atoms with Crippen molar-refractivity contribution < 1.29 is 34.1 Å². The van der Waals surface area contributed by atoms with E-state index < -0.39 is 23.3 Å². The molecule has 0 spiro atoms. The smallest absolute Gasteiger partial charge is 0.331 e. The zero-order valence-electron chi connectivity index (χ0n) is 25.8. The molecule has 9 atom stereocenters. The number of hydrogen-bond acceptors (Lipinski definition) is 5. The Morgan fingerprint density at radius 2 is 1.54 bits per heavy atom. The van der Waals surface area contributed by atoms with Gasteiger partial charge in [0.1, 0.15) is 6.10 Å². The van der Waals surface area contributed by atoms with Gasteiger partial charge in [-0.05, 0) is 104 Å². The molecule has 0 bridgehead atoms. The Balaban J connectivity index is 1.50. The topological polar surface area (TPSA) is 118 Å². The zero-order valence-corrected chi connectivity index (χ0v) is 25.8. The molecule has 0 amide bonds. The summed E-state index contributed by atoms with van der Waals surface area (Å²) in [4.78, 5) is 50.1. The average molecular weight is 569 g/mol. The van der Waals surface area contributed by atoms with Crippen LogP contribution in [0.15, 0.2) is 23.8 Å². The molecule has 7 nitrogen and oxygen atoms in total. The maximum atomic E-state index is 14.4. The second-order valence-electron chi connectivity index (χ2n) is 16.0. The lowest BCUT2D eigenvalue weighted by atomic mass is 9.33. The average Bonchev–Trinajstić information content (AvgIpc) is 2.86. The van der Waals surface area contributed by atoms with Gasteiger partial charge in [0.15, 0.2) is 5.78 Å². The summed E-state index contributed by atoms with van der Waals surface area (Å²) in [6, 6.07) is 0. The predicted octanol–water partition coefficient (Wildman–Crippen LogP) is 6.60. The van der Waals surface area contributed by atoms with Gasteiger partial charge in [-0.1, -0.05) is 47.1 Å².